The molecule has 4 nitrogen and oxygen atoms in total. The number of aromatic nitrogens is 4. The summed E-state index contributed by atoms with van der Waals surface area (Å²) in [6.07, 6.45) is 0. The molecule has 0 saturated carbocycles. The van der Waals surface area contributed by atoms with E-state index in [2.05, 4.69) is 184 Å². The van der Waals surface area contributed by atoms with Gasteiger partial charge in [0, 0.05) is 32.7 Å². The third kappa shape index (κ3) is 4.61. The molecule has 0 radical (unpaired) electrons. The van der Waals surface area contributed by atoms with E-state index in [1.54, 1.807) is 0 Å². The Morgan fingerprint density at radius 2 is 0.891 bits per heavy atom. The molecule has 0 bridgehead atoms. The Hall–Kier alpha value is -6.65. The number of rotatable bonds is 4. The molecule has 9 aromatic rings. The fourth-order valence-corrected chi connectivity index (χ4v) is 9.39. The Morgan fingerprint density at radius 1 is 0.364 bits per heavy atom. The van der Waals surface area contributed by atoms with Gasteiger partial charge in [-0.05, 0) is 79.9 Å². The quantitative estimate of drug-likeness (QED) is 0.183. The zero-order valence-electron chi connectivity index (χ0n) is 31.3. The van der Waals surface area contributed by atoms with E-state index in [0.29, 0.717) is 17.6 Å². The number of hydrogen-bond donors (Lipinski definition) is 0. The molecule has 0 atom stereocenters. The second-order valence-corrected chi connectivity index (χ2v) is 16.1. The van der Waals surface area contributed by atoms with Crippen molar-refractivity contribution >= 4 is 21.8 Å². The third-order valence-corrected chi connectivity index (χ3v) is 12.3. The zero-order chi connectivity index (χ0) is 37.1. The molecule has 2 aromatic heterocycles. The van der Waals surface area contributed by atoms with Gasteiger partial charge in [-0.3, -0.25) is 4.57 Å². The summed E-state index contributed by atoms with van der Waals surface area (Å²) in [7, 11) is 0. The lowest BCUT2D eigenvalue weighted by atomic mass is 9.82. The minimum absolute atomic E-state index is 0.147. The summed E-state index contributed by atoms with van der Waals surface area (Å²) in [6.45, 7) is 9.30. The molecule has 0 saturated heterocycles. The highest BCUT2D eigenvalue weighted by Crippen LogP contribution is 2.52. The summed E-state index contributed by atoms with van der Waals surface area (Å²) in [5.74, 6) is 1.90. The van der Waals surface area contributed by atoms with Crippen molar-refractivity contribution in [3.63, 3.8) is 0 Å². The lowest BCUT2D eigenvalue weighted by Gasteiger charge is -2.22. The summed E-state index contributed by atoms with van der Waals surface area (Å²) in [4.78, 5) is 15.9. The van der Waals surface area contributed by atoms with Crippen molar-refractivity contribution in [2.75, 3.05) is 0 Å². The van der Waals surface area contributed by atoms with Gasteiger partial charge in [-0.2, -0.15) is 9.97 Å². The molecule has 2 heterocycles. The summed E-state index contributed by atoms with van der Waals surface area (Å²) in [5, 5.41) is 2.37. The van der Waals surface area contributed by atoms with E-state index in [0.717, 1.165) is 27.7 Å². The van der Waals surface area contributed by atoms with Crippen LogP contribution in [0.3, 0.4) is 0 Å². The molecule has 55 heavy (non-hydrogen) atoms. The number of benzene rings is 7. The van der Waals surface area contributed by atoms with Crippen LogP contribution < -0.4 is 0 Å². The Kier molecular flexibility index (Phi) is 6.61. The van der Waals surface area contributed by atoms with Crippen molar-refractivity contribution in [2.24, 2.45) is 0 Å². The van der Waals surface area contributed by atoms with E-state index >= 15 is 0 Å². The summed E-state index contributed by atoms with van der Waals surface area (Å²) >= 11 is 0. The number of fused-ring (bicyclic) bond motifs is 9. The molecule has 0 unspecified atom stereocenters. The van der Waals surface area contributed by atoms with Crippen LogP contribution in [0.2, 0.25) is 0 Å². The lowest BCUT2D eigenvalue weighted by Crippen LogP contribution is -2.15. The minimum atomic E-state index is -0.147. The van der Waals surface area contributed by atoms with Gasteiger partial charge >= 0.3 is 0 Å². The Morgan fingerprint density at radius 3 is 1.62 bits per heavy atom. The van der Waals surface area contributed by atoms with Crippen LogP contribution >= 0.6 is 0 Å². The van der Waals surface area contributed by atoms with Gasteiger partial charge < -0.3 is 0 Å². The Labute approximate surface area is 320 Å². The predicted molar refractivity (Wildman–Crippen MR) is 226 cm³/mol. The molecular formula is C51H38N4. The van der Waals surface area contributed by atoms with Crippen molar-refractivity contribution in [2.45, 2.75) is 38.5 Å². The minimum Gasteiger partial charge on any atom is -0.278 e. The molecule has 11 rings (SSSR count). The second-order valence-electron chi connectivity index (χ2n) is 16.1. The third-order valence-electron chi connectivity index (χ3n) is 12.3. The van der Waals surface area contributed by atoms with Crippen LogP contribution in [0.5, 0.6) is 0 Å². The van der Waals surface area contributed by atoms with E-state index in [9.17, 15) is 0 Å². The second kappa shape index (κ2) is 11.4. The van der Waals surface area contributed by atoms with Crippen molar-refractivity contribution in [1.82, 2.24) is 19.5 Å². The van der Waals surface area contributed by atoms with Crippen molar-refractivity contribution in [3.8, 4) is 62.1 Å². The van der Waals surface area contributed by atoms with E-state index in [1.165, 1.54) is 60.8 Å². The highest BCUT2D eigenvalue weighted by molar-refractivity contribution is 6.11. The van der Waals surface area contributed by atoms with E-state index in [1.807, 2.05) is 6.07 Å². The smallest absolute Gasteiger partial charge is 0.238 e. The number of nitrogens with zero attached hydrogens (tertiary/aromatic N) is 4. The van der Waals surface area contributed by atoms with Gasteiger partial charge in [0.05, 0.1) is 11.0 Å². The molecule has 2 aliphatic carbocycles. The Bertz CT molecular complexity index is 3020. The van der Waals surface area contributed by atoms with Gasteiger partial charge in [-0.15, -0.1) is 0 Å². The predicted octanol–water partition coefficient (Wildman–Crippen LogP) is 12.6. The number of para-hydroxylation sites is 1. The normalized spacial score (nSPS) is 14.5. The number of hydrogen-bond acceptors (Lipinski definition) is 3. The first-order chi connectivity index (χ1) is 26.8. The van der Waals surface area contributed by atoms with Gasteiger partial charge in [0.1, 0.15) is 0 Å². The van der Waals surface area contributed by atoms with Crippen molar-refractivity contribution in [1.29, 1.82) is 0 Å². The summed E-state index contributed by atoms with van der Waals surface area (Å²) < 4.78 is 2.25. The van der Waals surface area contributed by atoms with Gasteiger partial charge in [-0.25, -0.2) is 4.98 Å². The first kappa shape index (κ1) is 31.8. The van der Waals surface area contributed by atoms with Gasteiger partial charge in [0.15, 0.2) is 11.6 Å². The van der Waals surface area contributed by atoms with Gasteiger partial charge in [0.25, 0.3) is 0 Å². The molecule has 262 valence electrons. The van der Waals surface area contributed by atoms with Crippen LogP contribution in [-0.2, 0) is 10.8 Å². The van der Waals surface area contributed by atoms with Crippen LogP contribution in [0.15, 0.2) is 158 Å². The molecule has 0 amide bonds. The van der Waals surface area contributed by atoms with E-state index < -0.39 is 0 Å². The first-order valence-corrected chi connectivity index (χ1v) is 19.1. The Balaban J connectivity index is 1.15. The van der Waals surface area contributed by atoms with Crippen molar-refractivity contribution in [3.05, 3.63) is 180 Å². The maximum atomic E-state index is 5.37. The van der Waals surface area contributed by atoms with Crippen LogP contribution in [0.25, 0.3) is 83.9 Å². The molecule has 0 fully saturated rings. The molecular weight excluding hydrogens is 669 g/mol. The molecule has 0 spiro atoms. The van der Waals surface area contributed by atoms with E-state index in [4.69, 9.17) is 15.0 Å². The molecule has 7 aromatic carbocycles. The standard InChI is InChI=1S/C51H38N4/c1-50(2)41-19-11-8-16-35(41)37-27-26-34(28-43(37)50)48-52-47(33-24-22-32(23-25-33)31-14-6-5-7-15-31)53-49(54-48)55-45-21-13-10-18-38(45)40-29-39-36-17-9-12-20-42(36)51(3,4)44(39)30-46(40)55/h5-30H,1-4H3. The van der Waals surface area contributed by atoms with Crippen LogP contribution in [0.4, 0.5) is 0 Å². The molecule has 4 heteroatoms. The first-order valence-electron chi connectivity index (χ1n) is 19.1. The fraction of sp³-hybridized carbons (Fsp3) is 0.118. The maximum Gasteiger partial charge on any atom is 0.238 e. The average Bonchev–Trinajstić information content (AvgIpc) is 3.76. The summed E-state index contributed by atoms with van der Waals surface area (Å²) in [5.41, 5.74) is 16.6. The molecule has 0 N–H and O–H groups in total. The maximum absolute atomic E-state index is 5.37. The topological polar surface area (TPSA) is 43.6 Å². The van der Waals surface area contributed by atoms with Crippen LogP contribution in [0.1, 0.15) is 49.9 Å². The fourth-order valence-electron chi connectivity index (χ4n) is 9.39. The zero-order valence-corrected chi connectivity index (χ0v) is 31.3. The summed E-state index contributed by atoms with van der Waals surface area (Å²) in [6, 6.07) is 56.8. The van der Waals surface area contributed by atoms with Gasteiger partial charge in [-0.1, -0.05) is 161 Å². The monoisotopic (exact) mass is 706 g/mol. The molecule has 0 aliphatic heterocycles. The van der Waals surface area contributed by atoms with Gasteiger partial charge in [0.2, 0.25) is 5.95 Å². The highest BCUT2D eigenvalue weighted by atomic mass is 15.2. The van der Waals surface area contributed by atoms with E-state index in [-0.39, 0.29) is 10.8 Å². The average molecular weight is 707 g/mol. The van der Waals surface area contributed by atoms with Crippen LogP contribution in [-0.4, -0.2) is 19.5 Å². The SMILES string of the molecule is CC1(C)c2ccccc2-c2ccc(-c3nc(-c4ccc(-c5ccccc5)cc4)nc(-n4c5ccccc5c5cc6c(cc54)C(C)(C)c4ccccc4-6)n3)cc21. The largest absolute Gasteiger partial charge is 0.278 e. The molecule has 2 aliphatic rings. The highest BCUT2D eigenvalue weighted by Gasteiger charge is 2.37. The lowest BCUT2D eigenvalue weighted by molar-refractivity contribution is 0.660. The van der Waals surface area contributed by atoms with Crippen molar-refractivity contribution < 1.29 is 0 Å². The van der Waals surface area contributed by atoms with Crippen LogP contribution in [0, 0.1) is 0 Å².